The maximum atomic E-state index is 14.7. The molecule has 0 heterocycles. The van der Waals surface area contributed by atoms with E-state index in [0.717, 1.165) is 18.8 Å². The van der Waals surface area contributed by atoms with Crippen LogP contribution in [0.15, 0.2) is 0 Å². The lowest BCUT2D eigenvalue weighted by Crippen LogP contribution is -2.36. The molecular weight excluding hydrogens is 297 g/mol. The quantitative estimate of drug-likeness (QED) is 0.509. The van der Waals surface area contributed by atoms with Gasteiger partial charge in [-0.3, -0.25) is 0 Å². The van der Waals surface area contributed by atoms with Gasteiger partial charge in [0.25, 0.3) is 0 Å². The average molecular weight is 332 g/mol. The van der Waals surface area contributed by atoms with Crippen LogP contribution in [0.5, 0.6) is 0 Å². The smallest absolute Gasteiger partial charge is 0.131 e. The predicted octanol–water partition coefficient (Wildman–Crippen LogP) is 6.68. The lowest BCUT2D eigenvalue weighted by atomic mass is 9.66. The van der Waals surface area contributed by atoms with Gasteiger partial charge in [0.05, 0.1) is 0 Å². The van der Waals surface area contributed by atoms with Crippen molar-refractivity contribution in [3.8, 4) is 0 Å². The van der Waals surface area contributed by atoms with Crippen molar-refractivity contribution in [1.29, 1.82) is 0 Å². The Morgan fingerprint density at radius 3 is 2.09 bits per heavy atom. The highest BCUT2D eigenvalue weighted by atomic mass is 19.2. The Labute approximate surface area is 140 Å². The van der Waals surface area contributed by atoms with Crippen molar-refractivity contribution in [1.82, 2.24) is 0 Å². The van der Waals surface area contributed by atoms with E-state index in [1.165, 1.54) is 25.7 Å². The summed E-state index contributed by atoms with van der Waals surface area (Å²) in [4.78, 5) is 0. The Morgan fingerprint density at radius 2 is 1.52 bits per heavy atom. The van der Waals surface area contributed by atoms with E-state index >= 15 is 0 Å². The summed E-state index contributed by atoms with van der Waals surface area (Å²) in [6, 6.07) is 0. The average Bonchev–Trinajstić information content (AvgIpc) is 2.54. The predicted molar refractivity (Wildman–Crippen MR) is 90.7 cm³/mol. The van der Waals surface area contributed by atoms with Crippen LogP contribution in [-0.4, -0.2) is 18.5 Å². The summed E-state index contributed by atoms with van der Waals surface area (Å²) in [6.07, 6.45) is 4.41. The minimum absolute atomic E-state index is 0.0582. The molecule has 0 spiro atoms. The van der Waals surface area contributed by atoms with Crippen LogP contribution < -0.4 is 0 Å². The highest BCUT2D eigenvalue weighted by Crippen LogP contribution is 2.44. The molecule has 0 nitrogen and oxygen atoms in total. The fourth-order valence-electron chi connectivity index (χ4n) is 4.93. The first-order valence-corrected chi connectivity index (χ1v) is 9.84. The van der Waals surface area contributed by atoms with E-state index in [9.17, 15) is 13.2 Å². The molecule has 0 saturated heterocycles. The van der Waals surface area contributed by atoms with Crippen LogP contribution in [0.1, 0.15) is 78.6 Å². The number of hydrogen-bond donors (Lipinski definition) is 0. The molecule has 2 fully saturated rings. The van der Waals surface area contributed by atoms with Gasteiger partial charge in [-0.25, -0.2) is 13.2 Å². The van der Waals surface area contributed by atoms with Gasteiger partial charge in [-0.1, -0.05) is 33.6 Å². The zero-order valence-corrected chi connectivity index (χ0v) is 15.1. The van der Waals surface area contributed by atoms with Gasteiger partial charge >= 0.3 is 0 Å². The molecule has 0 bridgehead atoms. The number of hydrogen-bond acceptors (Lipinski definition) is 0. The van der Waals surface area contributed by atoms with Gasteiger partial charge < -0.3 is 0 Å². The van der Waals surface area contributed by atoms with Crippen LogP contribution in [0.25, 0.3) is 0 Å². The van der Waals surface area contributed by atoms with E-state index in [4.69, 9.17) is 0 Å². The van der Waals surface area contributed by atoms with Crippen molar-refractivity contribution in [3.05, 3.63) is 0 Å². The molecule has 0 aromatic heterocycles. The van der Waals surface area contributed by atoms with E-state index in [1.54, 1.807) is 6.92 Å². The zero-order chi connectivity index (χ0) is 17.0. The lowest BCUT2D eigenvalue weighted by Gasteiger charge is -2.40. The Bertz CT molecular complexity index is 338. The molecule has 0 N–H and O–H groups in total. The van der Waals surface area contributed by atoms with Crippen molar-refractivity contribution in [2.24, 2.45) is 29.6 Å². The molecule has 0 aromatic rings. The van der Waals surface area contributed by atoms with Gasteiger partial charge in [0, 0.05) is 0 Å². The zero-order valence-electron chi connectivity index (χ0n) is 15.1. The largest absolute Gasteiger partial charge is 0.247 e. The molecule has 23 heavy (non-hydrogen) atoms. The second-order valence-corrected chi connectivity index (χ2v) is 8.43. The van der Waals surface area contributed by atoms with Crippen LogP contribution in [0.4, 0.5) is 13.2 Å². The van der Waals surface area contributed by atoms with Gasteiger partial charge in [0.2, 0.25) is 0 Å². The maximum absolute atomic E-state index is 14.7. The Balaban J connectivity index is 1.81. The topological polar surface area (TPSA) is 0 Å². The van der Waals surface area contributed by atoms with Crippen LogP contribution in [-0.2, 0) is 0 Å². The summed E-state index contributed by atoms with van der Waals surface area (Å²) in [7, 11) is 0. The monoisotopic (exact) mass is 332 g/mol. The third-order valence-electron chi connectivity index (χ3n) is 6.70. The van der Waals surface area contributed by atoms with E-state index in [2.05, 4.69) is 6.92 Å². The fourth-order valence-corrected chi connectivity index (χ4v) is 4.93. The number of rotatable bonds is 6. The minimum Gasteiger partial charge on any atom is -0.247 e. The molecule has 0 aromatic carbocycles. The molecular formula is C20H35F3. The summed E-state index contributed by atoms with van der Waals surface area (Å²) in [5, 5.41) is 0. The first kappa shape index (κ1) is 19.1. The van der Waals surface area contributed by atoms with Crippen LogP contribution in [0.3, 0.4) is 0 Å². The standard InChI is InChI=1S/C20H35F3/c1-4-18(21)20(23)11-14(3)17-10-9-16(12-19(17)22)15-7-5-13(2)6-8-15/h13-20H,4-12H2,1-3H3. The van der Waals surface area contributed by atoms with Crippen LogP contribution in [0, 0.1) is 29.6 Å². The summed E-state index contributed by atoms with van der Waals surface area (Å²) < 4.78 is 42.0. The molecule has 2 aliphatic rings. The molecule has 3 heteroatoms. The van der Waals surface area contributed by atoms with Crippen molar-refractivity contribution in [3.63, 3.8) is 0 Å². The second kappa shape index (κ2) is 8.76. The van der Waals surface area contributed by atoms with Crippen molar-refractivity contribution < 1.29 is 13.2 Å². The van der Waals surface area contributed by atoms with E-state index < -0.39 is 18.5 Å². The highest BCUT2D eigenvalue weighted by Gasteiger charge is 2.38. The third kappa shape index (κ3) is 5.13. The SMILES string of the molecule is CCC(F)C(F)CC(C)C1CCC(C2CCC(C)CC2)CC1F. The van der Waals surface area contributed by atoms with Crippen molar-refractivity contribution >= 4 is 0 Å². The molecule has 6 atom stereocenters. The van der Waals surface area contributed by atoms with Gasteiger partial charge in [-0.05, 0) is 74.5 Å². The minimum atomic E-state index is -1.43. The maximum Gasteiger partial charge on any atom is 0.131 e. The normalized spacial score (nSPS) is 39.7. The van der Waals surface area contributed by atoms with Gasteiger partial charge in [-0.2, -0.15) is 0 Å². The molecule has 0 aliphatic heterocycles. The Kier molecular flexibility index (Phi) is 7.28. The van der Waals surface area contributed by atoms with Gasteiger partial charge in [0.15, 0.2) is 0 Å². The van der Waals surface area contributed by atoms with E-state index in [-0.39, 0.29) is 24.7 Å². The fraction of sp³-hybridized carbons (Fsp3) is 1.00. The lowest BCUT2D eigenvalue weighted by molar-refractivity contribution is 0.0371. The molecule has 0 radical (unpaired) electrons. The molecule has 2 rings (SSSR count). The first-order chi connectivity index (χ1) is 10.9. The first-order valence-electron chi connectivity index (χ1n) is 9.84. The van der Waals surface area contributed by atoms with Gasteiger partial charge in [-0.15, -0.1) is 0 Å². The molecule has 136 valence electrons. The molecule has 2 saturated carbocycles. The van der Waals surface area contributed by atoms with E-state index in [0.29, 0.717) is 18.3 Å². The molecule has 2 aliphatic carbocycles. The van der Waals surface area contributed by atoms with Gasteiger partial charge in [0.1, 0.15) is 18.5 Å². The number of halogens is 3. The third-order valence-corrected chi connectivity index (χ3v) is 6.70. The second-order valence-electron chi connectivity index (χ2n) is 8.43. The van der Waals surface area contributed by atoms with E-state index in [1.807, 2.05) is 6.92 Å². The summed E-state index contributed by atoms with van der Waals surface area (Å²) >= 11 is 0. The summed E-state index contributed by atoms with van der Waals surface area (Å²) in [6.45, 7) is 5.89. The Hall–Kier alpha value is -0.210. The number of alkyl halides is 3. The van der Waals surface area contributed by atoms with Crippen LogP contribution >= 0.6 is 0 Å². The van der Waals surface area contributed by atoms with Crippen molar-refractivity contribution in [2.75, 3.05) is 0 Å². The van der Waals surface area contributed by atoms with Crippen LogP contribution in [0.2, 0.25) is 0 Å². The molecule has 6 unspecified atom stereocenters. The molecule has 0 amide bonds. The highest BCUT2D eigenvalue weighted by molar-refractivity contribution is 4.88. The summed E-state index contributed by atoms with van der Waals surface area (Å²) in [5.74, 6) is 1.92. The summed E-state index contributed by atoms with van der Waals surface area (Å²) in [5.41, 5.74) is 0. The van der Waals surface area contributed by atoms with Crippen molar-refractivity contribution in [2.45, 2.75) is 97.1 Å². The Morgan fingerprint density at radius 1 is 0.913 bits per heavy atom.